The molecule has 0 aromatic heterocycles. The Bertz CT molecular complexity index is 479. The number of alkyl halides is 2. The molecule has 110 valence electrons. The molecule has 0 saturated carbocycles. The molecule has 5 heteroatoms. The zero-order valence-electron chi connectivity index (χ0n) is 11.6. The predicted octanol–water partition coefficient (Wildman–Crippen LogP) is 3.60. The van der Waals surface area contributed by atoms with Crippen LogP contribution in [0.4, 0.5) is 8.78 Å². The zero-order chi connectivity index (χ0) is 14.9. The number of hydrogen-bond acceptors (Lipinski definition) is 2. The van der Waals surface area contributed by atoms with Gasteiger partial charge in [0.15, 0.2) is 0 Å². The van der Waals surface area contributed by atoms with Crippen LogP contribution in [0.2, 0.25) is 5.02 Å². The number of carbonyl (C=O) groups excluding carboxylic acids is 1. The molecule has 0 bridgehead atoms. The molecule has 0 N–H and O–H groups in total. The summed E-state index contributed by atoms with van der Waals surface area (Å²) in [6.07, 6.45) is 0. The lowest BCUT2D eigenvalue weighted by atomic mass is 9.87. The van der Waals surface area contributed by atoms with Crippen molar-refractivity contribution in [3.8, 4) is 0 Å². The molecule has 2 nitrogen and oxygen atoms in total. The van der Waals surface area contributed by atoms with Crippen molar-refractivity contribution in [2.75, 3.05) is 19.6 Å². The van der Waals surface area contributed by atoms with Crippen LogP contribution < -0.4 is 0 Å². The van der Waals surface area contributed by atoms with E-state index in [4.69, 9.17) is 11.6 Å². The first-order valence-corrected chi connectivity index (χ1v) is 7.06. The Balaban J connectivity index is 2.13. The van der Waals surface area contributed by atoms with Crippen LogP contribution in [0.25, 0.3) is 0 Å². The van der Waals surface area contributed by atoms with Crippen molar-refractivity contribution in [3.05, 3.63) is 34.9 Å². The summed E-state index contributed by atoms with van der Waals surface area (Å²) in [6, 6.07) is 7.04. The molecule has 2 rings (SSSR count). The average Bonchev–Trinajstić information content (AvgIpc) is 2.33. The van der Waals surface area contributed by atoms with E-state index in [1.807, 2.05) is 13.8 Å². The van der Waals surface area contributed by atoms with Gasteiger partial charge in [0, 0.05) is 17.5 Å². The summed E-state index contributed by atoms with van der Waals surface area (Å²) in [7, 11) is 0. The maximum absolute atomic E-state index is 12.9. The minimum absolute atomic E-state index is 0.0718. The second kappa shape index (κ2) is 5.78. The van der Waals surface area contributed by atoms with Gasteiger partial charge in [0.2, 0.25) is 0 Å². The molecular weight excluding hydrogens is 284 g/mol. The number of benzene rings is 1. The van der Waals surface area contributed by atoms with Crippen LogP contribution in [0.1, 0.15) is 25.3 Å². The Morgan fingerprint density at radius 2 is 1.85 bits per heavy atom. The van der Waals surface area contributed by atoms with Crippen LogP contribution in [0.5, 0.6) is 0 Å². The molecule has 1 saturated heterocycles. The lowest BCUT2D eigenvalue weighted by molar-refractivity contribution is -0.139. The number of likely N-dealkylation sites (tertiary alicyclic amines) is 1. The van der Waals surface area contributed by atoms with Gasteiger partial charge in [0.05, 0.1) is 19.0 Å². The van der Waals surface area contributed by atoms with E-state index in [2.05, 4.69) is 0 Å². The van der Waals surface area contributed by atoms with Gasteiger partial charge in [-0.1, -0.05) is 37.6 Å². The largest absolute Gasteiger partial charge is 0.299 e. The van der Waals surface area contributed by atoms with E-state index in [9.17, 15) is 13.6 Å². The fraction of sp³-hybridized carbons (Fsp3) is 0.533. The normalized spacial score (nSPS) is 19.7. The van der Waals surface area contributed by atoms with Crippen LogP contribution in [-0.2, 0) is 4.79 Å². The summed E-state index contributed by atoms with van der Waals surface area (Å²) >= 11 is 5.85. The molecule has 1 atom stereocenters. The molecule has 1 heterocycles. The van der Waals surface area contributed by atoms with Crippen molar-refractivity contribution in [1.29, 1.82) is 0 Å². The minimum Gasteiger partial charge on any atom is -0.299 e. The Hall–Kier alpha value is -1.00. The third kappa shape index (κ3) is 3.55. The van der Waals surface area contributed by atoms with Crippen molar-refractivity contribution < 1.29 is 13.6 Å². The highest BCUT2D eigenvalue weighted by Crippen LogP contribution is 2.31. The van der Waals surface area contributed by atoms with Crippen LogP contribution in [0.15, 0.2) is 24.3 Å². The first-order chi connectivity index (χ1) is 9.28. The number of ketones is 1. The van der Waals surface area contributed by atoms with Gasteiger partial charge < -0.3 is 0 Å². The Morgan fingerprint density at radius 3 is 2.30 bits per heavy atom. The third-order valence-electron chi connectivity index (χ3n) is 3.54. The Kier molecular flexibility index (Phi) is 4.45. The average molecular weight is 302 g/mol. The van der Waals surface area contributed by atoms with E-state index in [0.717, 1.165) is 5.56 Å². The van der Waals surface area contributed by atoms with Gasteiger partial charge >= 0.3 is 0 Å². The number of Topliss-reactive ketones (excluding diaryl/α,β-unsaturated/α-hetero) is 1. The molecule has 1 aromatic rings. The fourth-order valence-electron chi connectivity index (χ4n) is 2.45. The summed E-state index contributed by atoms with van der Waals surface area (Å²) in [6.45, 7) is 3.48. The standard InChI is InChI=1S/C15H18ClF2NO/c1-10(2)14(20)13(7-19-8-15(17,18)9-19)11-3-5-12(16)6-4-11/h3-6,10,13H,7-9H2,1-2H3. The van der Waals surface area contributed by atoms with Gasteiger partial charge in [0.25, 0.3) is 5.92 Å². The van der Waals surface area contributed by atoms with Crippen molar-refractivity contribution >= 4 is 17.4 Å². The van der Waals surface area contributed by atoms with Crippen LogP contribution in [-0.4, -0.2) is 36.2 Å². The smallest absolute Gasteiger partial charge is 0.272 e. The van der Waals surface area contributed by atoms with E-state index in [1.165, 1.54) is 0 Å². The van der Waals surface area contributed by atoms with E-state index >= 15 is 0 Å². The molecule has 0 aliphatic carbocycles. The molecule has 1 aliphatic rings. The van der Waals surface area contributed by atoms with Crippen LogP contribution in [0.3, 0.4) is 0 Å². The molecule has 20 heavy (non-hydrogen) atoms. The topological polar surface area (TPSA) is 20.3 Å². The van der Waals surface area contributed by atoms with Gasteiger partial charge in [0.1, 0.15) is 5.78 Å². The monoisotopic (exact) mass is 301 g/mol. The highest BCUT2D eigenvalue weighted by atomic mass is 35.5. The molecule has 0 spiro atoms. The van der Waals surface area contributed by atoms with E-state index in [1.54, 1.807) is 29.2 Å². The molecule has 0 amide bonds. The maximum atomic E-state index is 12.9. The van der Waals surface area contributed by atoms with Gasteiger partial charge in [-0.05, 0) is 17.7 Å². The lowest BCUT2D eigenvalue weighted by Gasteiger charge is -2.40. The fourth-order valence-corrected chi connectivity index (χ4v) is 2.58. The van der Waals surface area contributed by atoms with Crippen LogP contribution in [0, 0.1) is 5.92 Å². The number of rotatable bonds is 5. The minimum atomic E-state index is -2.61. The Labute approximate surface area is 122 Å². The number of halogens is 3. The van der Waals surface area contributed by atoms with Crippen molar-refractivity contribution in [2.24, 2.45) is 5.92 Å². The number of carbonyl (C=O) groups is 1. The molecule has 1 aromatic carbocycles. The highest BCUT2D eigenvalue weighted by molar-refractivity contribution is 6.30. The number of hydrogen-bond donors (Lipinski definition) is 0. The van der Waals surface area contributed by atoms with Crippen molar-refractivity contribution in [2.45, 2.75) is 25.7 Å². The zero-order valence-corrected chi connectivity index (χ0v) is 12.3. The van der Waals surface area contributed by atoms with Crippen LogP contribution >= 0.6 is 11.6 Å². The summed E-state index contributed by atoms with van der Waals surface area (Å²) < 4.78 is 25.8. The van der Waals surface area contributed by atoms with Crippen molar-refractivity contribution in [1.82, 2.24) is 4.90 Å². The second-order valence-corrected chi connectivity index (χ2v) is 6.12. The van der Waals surface area contributed by atoms with E-state index < -0.39 is 5.92 Å². The van der Waals surface area contributed by atoms with Gasteiger partial charge in [-0.25, -0.2) is 8.78 Å². The first kappa shape index (κ1) is 15.4. The van der Waals surface area contributed by atoms with E-state index in [0.29, 0.717) is 11.6 Å². The third-order valence-corrected chi connectivity index (χ3v) is 3.79. The lowest BCUT2D eigenvalue weighted by Crippen LogP contribution is -2.57. The summed E-state index contributed by atoms with van der Waals surface area (Å²) in [4.78, 5) is 13.9. The van der Waals surface area contributed by atoms with Gasteiger partial charge in [-0.15, -0.1) is 0 Å². The van der Waals surface area contributed by atoms with Gasteiger partial charge in [-0.3, -0.25) is 9.69 Å². The highest BCUT2D eigenvalue weighted by Gasteiger charge is 2.45. The van der Waals surface area contributed by atoms with Crippen molar-refractivity contribution in [3.63, 3.8) is 0 Å². The second-order valence-electron chi connectivity index (χ2n) is 5.69. The van der Waals surface area contributed by atoms with Gasteiger partial charge in [-0.2, -0.15) is 0 Å². The molecule has 1 aliphatic heterocycles. The van der Waals surface area contributed by atoms with E-state index in [-0.39, 0.29) is 30.7 Å². The summed E-state index contributed by atoms with van der Waals surface area (Å²) in [5.41, 5.74) is 0.836. The molecular formula is C15H18ClF2NO. The summed E-state index contributed by atoms with van der Waals surface area (Å²) in [5.74, 6) is -3.03. The molecule has 1 fully saturated rings. The Morgan fingerprint density at radius 1 is 1.30 bits per heavy atom. The first-order valence-electron chi connectivity index (χ1n) is 6.68. The molecule has 1 unspecified atom stereocenters. The molecule has 0 radical (unpaired) electrons. The predicted molar refractivity (Wildman–Crippen MR) is 75.4 cm³/mol. The summed E-state index contributed by atoms with van der Waals surface area (Å²) in [5, 5.41) is 0.597. The quantitative estimate of drug-likeness (QED) is 0.828. The SMILES string of the molecule is CC(C)C(=O)C(CN1CC(F)(F)C1)c1ccc(Cl)cc1. The number of nitrogens with zero attached hydrogens (tertiary/aromatic N) is 1. The maximum Gasteiger partial charge on any atom is 0.272 e.